The predicted molar refractivity (Wildman–Crippen MR) is 108 cm³/mol. The van der Waals surface area contributed by atoms with Gasteiger partial charge in [-0.15, -0.1) is 0 Å². The smallest absolute Gasteiger partial charge is 0.227 e. The first-order valence-electron chi connectivity index (χ1n) is 9.74. The number of aliphatic imine (C=N–C) groups is 1. The van der Waals surface area contributed by atoms with E-state index in [2.05, 4.69) is 50.9 Å². The van der Waals surface area contributed by atoms with Crippen molar-refractivity contribution in [3.8, 4) is 0 Å². The van der Waals surface area contributed by atoms with Gasteiger partial charge in [0.25, 0.3) is 0 Å². The van der Waals surface area contributed by atoms with Crippen LogP contribution < -0.4 is 10.6 Å². The Labute approximate surface area is 158 Å². The van der Waals surface area contributed by atoms with Gasteiger partial charge in [0.2, 0.25) is 5.91 Å². The maximum atomic E-state index is 12.2. The highest BCUT2D eigenvalue weighted by atomic mass is 16.2. The molecule has 0 unspecified atom stereocenters. The monoisotopic (exact) mass is 358 g/mol. The van der Waals surface area contributed by atoms with Gasteiger partial charge in [-0.05, 0) is 51.5 Å². The zero-order valence-corrected chi connectivity index (χ0v) is 16.7. The van der Waals surface area contributed by atoms with E-state index in [1.54, 1.807) is 0 Å². The van der Waals surface area contributed by atoms with Crippen molar-refractivity contribution in [1.29, 1.82) is 0 Å². The third-order valence-electron chi connectivity index (χ3n) is 5.13. The molecule has 2 rings (SSSR count). The number of hydrogen-bond acceptors (Lipinski definition) is 2. The minimum atomic E-state index is -0.461. The molecule has 0 aliphatic carbocycles. The van der Waals surface area contributed by atoms with Gasteiger partial charge < -0.3 is 15.5 Å². The molecule has 1 amide bonds. The van der Waals surface area contributed by atoms with E-state index in [9.17, 15) is 4.79 Å². The molecule has 144 valence electrons. The second-order valence-corrected chi connectivity index (χ2v) is 7.76. The number of likely N-dealkylation sites (tertiary alicyclic amines) is 1. The molecule has 1 saturated heterocycles. The Morgan fingerprint density at radius 3 is 2.42 bits per heavy atom. The maximum absolute atomic E-state index is 12.2. The molecule has 0 bridgehead atoms. The van der Waals surface area contributed by atoms with Crippen molar-refractivity contribution < 1.29 is 4.79 Å². The summed E-state index contributed by atoms with van der Waals surface area (Å²) in [5, 5.41) is 6.30. The third-order valence-corrected chi connectivity index (χ3v) is 5.13. The zero-order valence-electron chi connectivity index (χ0n) is 16.7. The van der Waals surface area contributed by atoms with Crippen molar-refractivity contribution in [3.05, 3.63) is 35.9 Å². The second kappa shape index (κ2) is 9.60. The van der Waals surface area contributed by atoms with Gasteiger partial charge in [0.15, 0.2) is 5.96 Å². The number of hydrogen-bond donors (Lipinski definition) is 2. The molecule has 5 heteroatoms. The van der Waals surface area contributed by atoms with Crippen LogP contribution in [-0.2, 0) is 11.2 Å². The Hall–Kier alpha value is -2.04. The van der Waals surface area contributed by atoms with Crippen LogP contribution in [0.5, 0.6) is 0 Å². The first-order chi connectivity index (χ1) is 12.5. The number of piperidine rings is 1. The number of guanidine groups is 1. The lowest BCUT2D eigenvalue weighted by Gasteiger charge is -2.35. The van der Waals surface area contributed by atoms with E-state index in [0.717, 1.165) is 31.4 Å². The van der Waals surface area contributed by atoms with Crippen LogP contribution >= 0.6 is 0 Å². The van der Waals surface area contributed by atoms with Crippen molar-refractivity contribution in [2.24, 2.45) is 16.3 Å². The molecule has 2 N–H and O–H groups in total. The molecule has 0 aromatic heterocycles. The summed E-state index contributed by atoms with van der Waals surface area (Å²) in [5.41, 5.74) is 0.967. The van der Waals surface area contributed by atoms with Crippen molar-refractivity contribution in [3.63, 3.8) is 0 Å². The fraction of sp³-hybridized carbons (Fsp3) is 0.619. The Morgan fingerprint density at radius 1 is 1.19 bits per heavy atom. The average molecular weight is 359 g/mol. The molecule has 1 aromatic carbocycles. The normalized spacial score (nSPS) is 16.5. The SMILES string of the molecule is CCNC(=O)C(C)(C)CNC(=NC)N1CCC(Cc2ccccc2)CC1. The lowest BCUT2D eigenvalue weighted by Crippen LogP contribution is -2.50. The highest BCUT2D eigenvalue weighted by molar-refractivity contribution is 5.84. The molecule has 1 fully saturated rings. The van der Waals surface area contributed by atoms with Crippen LogP contribution in [0.1, 0.15) is 39.2 Å². The Bertz CT molecular complexity index is 589. The molecule has 5 nitrogen and oxygen atoms in total. The minimum Gasteiger partial charge on any atom is -0.356 e. The average Bonchev–Trinajstić information content (AvgIpc) is 2.64. The second-order valence-electron chi connectivity index (χ2n) is 7.76. The first-order valence-corrected chi connectivity index (χ1v) is 9.74. The van der Waals surface area contributed by atoms with Crippen LogP contribution in [0.2, 0.25) is 0 Å². The van der Waals surface area contributed by atoms with Crippen molar-refractivity contribution in [2.45, 2.75) is 40.0 Å². The number of benzene rings is 1. The molecular formula is C21H34N4O. The minimum absolute atomic E-state index is 0.0736. The van der Waals surface area contributed by atoms with Gasteiger partial charge in [-0.1, -0.05) is 30.3 Å². The van der Waals surface area contributed by atoms with Gasteiger partial charge in [0, 0.05) is 33.2 Å². The Balaban J connectivity index is 1.82. The molecular weight excluding hydrogens is 324 g/mol. The van der Waals surface area contributed by atoms with Crippen molar-refractivity contribution in [1.82, 2.24) is 15.5 Å². The van der Waals surface area contributed by atoms with Crippen molar-refractivity contribution in [2.75, 3.05) is 33.2 Å². The lowest BCUT2D eigenvalue weighted by atomic mass is 9.90. The zero-order chi connectivity index (χ0) is 19.0. The summed E-state index contributed by atoms with van der Waals surface area (Å²) >= 11 is 0. The standard InChI is InChI=1S/C21H34N4O/c1-5-23-19(26)21(2,3)16-24-20(22-4)25-13-11-18(12-14-25)15-17-9-7-6-8-10-17/h6-10,18H,5,11-16H2,1-4H3,(H,22,24)(H,23,26). The van der Waals surface area contributed by atoms with E-state index >= 15 is 0 Å². The van der Waals surface area contributed by atoms with Gasteiger partial charge in [-0.25, -0.2) is 0 Å². The maximum Gasteiger partial charge on any atom is 0.227 e. The first kappa shape index (κ1) is 20.3. The molecule has 0 spiro atoms. The van der Waals surface area contributed by atoms with Gasteiger partial charge >= 0.3 is 0 Å². The predicted octanol–water partition coefficient (Wildman–Crippen LogP) is 2.68. The molecule has 1 heterocycles. The topological polar surface area (TPSA) is 56.7 Å². The van der Waals surface area contributed by atoms with Gasteiger partial charge in [-0.3, -0.25) is 9.79 Å². The summed E-state index contributed by atoms with van der Waals surface area (Å²) in [7, 11) is 1.82. The van der Waals surface area contributed by atoms with Crippen LogP contribution in [0.3, 0.4) is 0 Å². The number of carbonyl (C=O) groups excluding carboxylic acids is 1. The van der Waals surface area contributed by atoms with E-state index in [-0.39, 0.29) is 5.91 Å². The Kier molecular flexibility index (Phi) is 7.49. The molecule has 0 saturated carbocycles. The van der Waals surface area contributed by atoms with E-state index < -0.39 is 5.41 Å². The molecule has 1 aliphatic rings. The van der Waals surface area contributed by atoms with E-state index in [1.807, 2.05) is 27.8 Å². The highest BCUT2D eigenvalue weighted by Gasteiger charge is 2.28. The summed E-state index contributed by atoms with van der Waals surface area (Å²) in [4.78, 5) is 18.9. The molecule has 26 heavy (non-hydrogen) atoms. The lowest BCUT2D eigenvalue weighted by molar-refractivity contribution is -0.128. The summed E-state index contributed by atoms with van der Waals surface area (Å²) in [6.07, 6.45) is 3.51. The van der Waals surface area contributed by atoms with Gasteiger partial charge in [-0.2, -0.15) is 0 Å². The number of carbonyl (C=O) groups is 1. The quantitative estimate of drug-likeness (QED) is 0.607. The van der Waals surface area contributed by atoms with Crippen LogP contribution in [-0.4, -0.2) is 50.0 Å². The molecule has 1 aromatic rings. The van der Waals surface area contributed by atoms with Crippen LogP contribution in [0.4, 0.5) is 0 Å². The number of amides is 1. The van der Waals surface area contributed by atoms with Gasteiger partial charge in [0.05, 0.1) is 5.41 Å². The van der Waals surface area contributed by atoms with E-state index in [0.29, 0.717) is 13.1 Å². The van der Waals surface area contributed by atoms with Crippen molar-refractivity contribution >= 4 is 11.9 Å². The van der Waals surface area contributed by atoms with Crippen LogP contribution in [0.25, 0.3) is 0 Å². The number of nitrogens with zero attached hydrogens (tertiary/aromatic N) is 2. The summed E-state index contributed by atoms with van der Waals surface area (Å²) < 4.78 is 0. The number of rotatable bonds is 6. The fourth-order valence-electron chi connectivity index (χ4n) is 3.41. The van der Waals surface area contributed by atoms with Gasteiger partial charge in [0.1, 0.15) is 0 Å². The molecule has 0 atom stereocenters. The molecule has 0 radical (unpaired) electrons. The summed E-state index contributed by atoms with van der Waals surface area (Å²) in [5.74, 6) is 1.71. The summed E-state index contributed by atoms with van der Waals surface area (Å²) in [6, 6.07) is 10.7. The van der Waals surface area contributed by atoms with E-state index in [1.165, 1.54) is 18.4 Å². The molecule has 1 aliphatic heterocycles. The van der Waals surface area contributed by atoms with E-state index in [4.69, 9.17) is 0 Å². The van der Waals surface area contributed by atoms with Crippen LogP contribution in [0.15, 0.2) is 35.3 Å². The van der Waals surface area contributed by atoms with Crippen LogP contribution in [0, 0.1) is 11.3 Å². The third kappa shape index (κ3) is 5.75. The largest absolute Gasteiger partial charge is 0.356 e. The highest BCUT2D eigenvalue weighted by Crippen LogP contribution is 2.22. The fourth-order valence-corrected chi connectivity index (χ4v) is 3.41. The summed E-state index contributed by atoms with van der Waals surface area (Å²) in [6.45, 7) is 9.13. The number of nitrogens with one attached hydrogen (secondary N) is 2. The Morgan fingerprint density at radius 2 is 1.85 bits per heavy atom.